The van der Waals surface area contributed by atoms with Crippen molar-refractivity contribution in [3.05, 3.63) is 0 Å². The largest absolute Gasteiger partial charge is 0.350 e. The SMILES string of the molecule is CC(NCC1CCCN(S(C)(=O)=O)C1)C(=O)NC(C)(C)C. The first-order valence-electron chi connectivity index (χ1n) is 7.49. The molecule has 0 spiro atoms. The van der Waals surface area contributed by atoms with Gasteiger partial charge in [0.25, 0.3) is 0 Å². The van der Waals surface area contributed by atoms with E-state index in [1.54, 1.807) is 0 Å². The summed E-state index contributed by atoms with van der Waals surface area (Å²) in [5, 5.41) is 6.15. The molecule has 0 aromatic carbocycles. The van der Waals surface area contributed by atoms with Gasteiger partial charge in [-0.15, -0.1) is 0 Å². The molecule has 1 fully saturated rings. The molecule has 2 unspecified atom stereocenters. The van der Waals surface area contributed by atoms with Crippen LogP contribution in [0.15, 0.2) is 0 Å². The Labute approximate surface area is 128 Å². The summed E-state index contributed by atoms with van der Waals surface area (Å²) in [7, 11) is -3.11. The highest BCUT2D eigenvalue weighted by Gasteiger charge is 2.26. The minimum absolute atomic E-state index is 0.0294. The molecule has 124 valence electrons. The molecular formula is C14H29N3O3S. The highest BCUT2D eigenvalue weighted by molar-refractivity contribution is 7.88. The summed E-state index contributed by atoms with van der Waals surface area (Å²) in [6.07, 6.45) is 3.12. The van der Waals surface area contributed by atoms with Gasteiger partial charge in [0, 0.05) is 18.6 Å². The Hall–Kier alpha value is -0.660. The van der Waals surface area contributed by atoms with Gasteiger partial charge in [0.15, 0.2) is 0 Å². The highest BCUT2D eigenvalue weighted by Crippen LogP contribution is 2.18. The van der Waals surface area contributed by atoms with Gasteiger partial charge in [-0.05, 0) is 53.0 Å². The number of carbonyl (C=O) groups excluding carboxylic acids is 1. The summed E-state index contributed by atoms with van der Waals surface area (Å²) in [5.41, 5.74) is -0.245. The van der Waals surface area contributed by atoms with Crippen molar-refractivity contribution in [3.63, 3.8) is 0 Å². The lowest BCUT2D eigenvalue weighted by Crippen LogP contribution is -2.51. The molecule has 0 aliphatic carbocycles. The smallest absolute Gasteiger partial charge is 0.237 e. The first kappa shape index (κ1) is 18.4. The molecule has 6 nitrogen and oxygen atoms in total. The van der Waals surface area contributed by atoms with Gasteiger partial charge < -0.3 is 10.6 Å². The Morgan fingerprint density at radius 2 is 2.00 bits per heavy atom. The number of piperidine rings is 1. The standard InChI is InChI=1S/C14H29N3O3S/c1-11(13(18)16-14(2,3)4)15-9-12-7-6-8-17(10-12)21(5,19)20/h11-12,15H,6-10H2,1-5H3,(H,16,18). The summed E-state index contributed by atoms with van der Waals surface area (Å²) in [6.45, 7) is 9.48. The zero-order chi connectivity index (χ0) is 16.3. The third-order valence-corrected chi connectivity index (χ3v) is 4.82. The van der Waals surface area contributed by atoms with Crippen LogP contribution in [0, 0.1) is 5.92 Å². The van der Waals surface area contributed by atoms with Crippen LogP contribution in [-0.4, -0.2) is 56.1 Å². The molecule has 0 saturated carbocycles. The number of nitrogens with zero attached hydrogens (tertiary/aromatic N) is 1. The Balaban J connectivity index is 2.42. The number of sulfonamides is 1. The van der Waals surface area contributed by atoms with Gasteiger partial charge in [0.1, 0.15) is 0 Å². The van der Waals surface area contributed by atoms with Crippen LogP contribution in [0.1, 0.15) is 40.5 Å². The molecule has 1 heterocycles. The van der Waals surface area contributed by atoms with E-state index in [1.807, 2.05) is 27.7 Å². The Morgan fingerprint density at radius 1 is 1.38 bits per heavy atom. The Morgan fingerprint density at radius 3 is 2.52 bits per heavy atom. The maximum absolute atomic E-state index is 12.0. The normalized spacial score (nSPS) is 22.8. The molecule has 0 aromatic heterocycles. The summed E-state index contributed by atoms with van der Waals surface area (Å²) in [5.74, 6) is 0.233. The molecule has 21 heavy (non-hydrogen) atoms. The molecule has 1 amide bonds. The first-order valence-corrected chi connectivity index (χ1v) is 9.34. The van der Waals surface area contributed by atoms with Crippen molar-refractivity contribution >= 4 is 15.9 Å². The predicted molar refractivity (Wildman–Crippen MR) is 84.5 cm³/mol. The summed E-state index contributed by atoms with van der Waals surface area (Å²) >= 11 is 0. The number of nitrogens with one attached hydrogen (secondary N) is 2. The first-order chi connectivity index (χ1) is 9.49. The second-order valence-corrected chi connectivity index (χ2v) is 8.98. The summed E-state index contributed by atoms with van der Waals surface area (Å²) < 4.78 is 24.7. The molecule has 2 atom stereocenters. The fourth-order valence-corrected chi connectivity index (χ4v) is 3.35. The molecule has 7 heteroatoms. The zero-order valence-corrected chi connectivity index (χ0v) is 14.6. The van der Waals surface area contributed by atoms with Crippen LogP contribution < -0.4 is 10.6 Å². The van der Waals surface area contributed by atoms with Crippen LogP contribution in [-0.2, 0) is 14.8 Å². The average Bonchev–Trinajstić information content (AvgIpc) is 2.33. The molecule has 0 bridgehead atoms. The van der Waals surface area contributed by atoms with Crippen molar-refractivity contribution in [2.75, 3.05) is 25.9 Å². The number of hydrogen-bond donors (Lipinski definition) is 2. The van der Waals surface area contributed by atoms with Crippen LogP contribution in [0.5, 0.6) is 0 Å². The number of hydrogen-bond acceptors (Lipinski definition) is 4. The number of carbonyl (C=O) groups is 1. The maximum atomic E-state index is 12.0. The minimum Gasteiger partial charge on any atom is -0.350 e. The molecule has 0 radical (unpaired) electrons. The van der Waals surface area contributed by atoms with E-state index in [0.717, 1.165) is 12.8 Å². The number of amides is 1. The van der Waals surface area contributed by atoms with Gasteiger partial charge in [-0.2, -0.15) is 0 Å². The lowest BCUT2D eigenvalue weighted by molar-refractivity contribution is -0.124. The minimum atomic E-state index is -3.11. The van der Waals surface area contributed by atoms with Crippen molar-refractivity contribution in [3.8, 4) is 0 Å². The lowest BCUT2D eigenvalue weighted by Gasteiger charge is -2.32. The topological polar surface area (TPSA) is 78.5 Å². The lowest BCUT2D eigenvalue weighted by atomic mass is 9.99. The van der Waals surface area contributed by atoms with Gasteiger partial charge in [-0.25, -0.2) is 12.7 Å². The molecule has 2 N–H and O–H groups in total. The molecular weight excluding hydrogens is 290 g/mol. The maximum Gasteiger partial charge on any atom is 0.237 e. The fraction of sp³-hybridized carbons (Fsp3) is 0.929. The third-order valence-electron chi connectivity index (χ3n) is 3.55. The molecule has 1 rings (SSSR count). The van der Waals surface area contributed by atoms with Crippen molar-refractivity contribution in [1.29, 1.82) is 0 Å². The predicted octanol–water partition coefficient (Wildman–Crippen LogP) is 0.551. The molecule has 1 saturated heterocycles. The Kier molecular flexibility index (Phi) is 6.19. The third kappa shape index (κ3) is 6.76. The van der Waals surface area contributed by atoms with Crippen LogP contribution in [0.3, 0.4) is 0 Å². The molecule has 1 aliphatic rings. The van der Waals surface area contributed by atoms with Crippen molar-refractivity contribution in [2.24, 2.45) is 5.92 Å². The monoisotopic (exact) mass is 319 g/mol. The number of rotatable bonds is 5. The van der Waals surface area contributed by atoms with Crippen LogP contribution in [0.2, 0.25) is 0 Å². The van der Waals surface area contributed by atoms with Gasteiger partial charge in [0.05, 0.1) is 12.3 Å². The second-order valence-electron chi connectivity index (χ2n) is 7.00. The van der Waals surface area contributed by atoms with E-state index in [1.165, 1.54) is 10.6 Å². The van der Waals surface area contributed by atoms with Crippen molar-refractivity contribution in [1.82, 2.24) is 14.9 Å². The average molecular weight is 319 g/mol. The van der Waals surface area contributed by atoms with E-state index in [2.05, 4.69) is 10.6 Å². The summed E-state index contributed by atoms with van der Waals surface area (Å²) in [4.78, 5) is 12.0. The van der Waals surface area contributed by atoms with Crippen LogP contribution >= 0.6 is 0 Å². The van der Waals surface area contributed by atoms with E-state index in [-0.39, 0.29) is 23.4 Å². The molecule has 1 aliphatic heterocycles. The van der Waals surface area contributed by atoms with E-state index in [0.29, 0.717) is 19.6 Å². The van der Waals surface area contributed by atoms with E-state index < -0.39 is 10.0 Å². The van der Waals surface area contributed by atoms with Gasteiger partial charge in [0.2, 0.25) is 15.9 Å². The van der Waals surface area contributed by atoms with Crippen LogP contribution in [0.25, 0.3) is 0 Å². The second kappa shape index (κ2) is 7.07. The Bertz CT molecular complexity index is 457. The van der Waals surface area contributed by atoms with Gasteiger partial charge in [-0.1, -0.05) is 0 Å². The van der Waals surface area contributed by atoms with E-state index in [9.17, 15) is 13.2 Å². The zero-order valence-electron chi connectivity index (χ0n) is 13.8. The van der Waals surface area contributed by atoms with Crippen LogP contribution in [0.4, 0.5) is 0 Å². The van der Waals surface area contributed by atoms with Crippen molar-refractivity contribution in [2.45, 2.75) is 52.1 Å². The van der Waals surface area contributed by atoms with E-state index in [4.69, 9.17) is 0 Å². The highest BCUT2D eigenvalue weighted by atomic mass is 32.2. The summed E-state index contributed by atoms with van der Waals surface area (Å²) in [6, 6.07) is -0.280. The van der Waals surface area contributed by atoms with Crippen molar-refractivity contribution < 1.29 is 13.2 Å². The quantitative estimate of drug-likeness (QED) is 0.776. The van der Waals surface area contributed by atoms with E-state index >= 15 is 0 Å². The molecule has 0 aromatic rings. The van der Waals surface area contributed by atoms with Gasteiger partial charge >= 0.3 is 0 Å². The van der Waals surface area contributed by atoms with Gasteiger partial charge in [-0.3, -0.25) is 4.79 Å². The fourth-order valence-electron chi connectivity index (χ4n) is 2.41.